The topological polar surface area (TPSA) is 208 Å². The Labute approximate surface area is 316 Å². The van der Waals surface area contributed by atoms with Crippen molar-refractivity contribution in [1.29, 1.82) is 0 Å². The molecule has 1 unspecified atom stereocenters. The number of amides is 3. The van der Waals surface area contributed by atoms with Crippen LogP contribution < -0.4 is 22.5 Å². The molecule has 4 aliphatic carbocycles. The van der Waals surface area contributed by atoms with Crippen molar-refractivity contribution in [2.24, 2.45) is 67.5 Å². The van der Waals surface area contributed by atoms with E-state index in [-0.39, 0.29) is 64.4 Å². The number of Topliss-reactive ketones (excluding diaryl/α,β-unsaturated/α-hetero) is 3. The monoisotopic (exact) mass is 739 g/mol. The number of nitrogens with zero attached hydrogens (tertiary/aromatic N) is 2. The van der Waals surface area contributed by atoms with Crippen molar-refractivity contribution in [2.45, 2.75) is 162 Å². The molecule has 12 heteroatoms. The van der Waals surface area contributed by atoms with Gasteiger partial charge in [0.05, 0.1) is 12.1 Å². The van der Waals surface area contributed by atoms with Crippen LogP contribution >= 0.6 is 0 Å². The number of hydrogen-bond acceptors (Lipinski definition) is 7. The Balaban J connectivity index is 1.44. The molecule has 3 amide bonds. The highest BCUT2D eigenvalue weighted by Gasteiger charge is 2.85. The standard InChI is InChI=1S/C41H66N6O6/c1-37(2,3)27(21-30(49)31(25-15-9-8-10-16-25)45-35(53)38(4,5)46-36(43)44)34(52)47-23-41(39(6,7)40(41)17-12-18-40)22-28(47)29(48)20-26(32(50)33(42)51)19-24-13-11-14-24/h24-28,31H,8-23H2,1-7H3,(H2,42,51)(H,45,53)(H4,43,44,46)/t26?,27-,28+,31+,41-/m1/s1. The number of carbonyl (C=O) groups excluding carboxylic acids is 6. The number of likely N-dealkylation sites (tertiary alicyclic amines) is 1. The van der Waals surface area contributed by atoms with Gasteiger partial charge in [-0.1, -0.05) is 79.6 Å². The van der Waals surface area contributed by atoms with Gasteiger partial charge in [-0.05, 0) is 80.5 Å². The third-order valence-electron chi connectivity index (χ3n) is 14.8. The molecule has 1 saturated heterocycles. The second-order valence-electron chi connectivity index (χ2n) is 19.5. The number of aliphatic imine (C=N–C) groups is 1. The molecule has 1 heterocycles. The third kappa shape index (κ3) is 7.53. The van der Waals surface area contributed by atoms with Crippen LogP contribution in [0.4, 0.5) is 0 Å². The van der Waals surface area contributed by atoms with Gasteiger partial charge in [-0.15, -0.1) is 0 Å². The Kier molecular flexibility index (Phi) is 11.4. The lowest BCUT2D eigenvalue weighted by Crippen LogP contribution is -2.54. The summed E-state index contributed by atoms with van der Waals surface area (Å²) in [5.41, 5.74) is 14.5. The van der Waals surface area contributed by atoms with Crippen molar-refractivity contribution >= 4 is 41.0 Å². The van der Waals surface area contributed by atoms with E-state index in [1.807, 2.05) is 20.8 Å². The molecule has 0 aromatic heterocycles. The van der Waals surface area contributed by atoms with Crippen LogP contribution in [0.15, 0.2) is 4.99 Å². The van der Waals surface area contributed by atoms with Crippen molar-refractivity contribution in [3.63, 3.8) is 0 Å². The first-order chi connectivity index (χ1) is 24.6. The molecule has 5 atom stereocenters. The molecule has 5 aliphatic rings. The molecule has 2 spiro atoms. The summed E-state index contributed by atoms with van der Waals surface area (Å²) >= 11 is 0. The second-order valence-corrected chi connectivity index (χ2v) is 19.5. The molecule has 4 saturated carbocycles. The van der Waals surface area contributed by atoms with E-state index in [4.69, 9.17) is 17.2 Å². The number of guanidine groups is 1. The van der Waals surface area contributed by atoms with Crippen molar-refractivity contribution in [2.75, 3.05) is 6.54 Å². The number of fused-ring (bicyclic) bond motifs is 1. The van der Waals surface area contributed by atoms with Crippen LogP contribution in [0.3, 0.4) is 0 Å². The van der Waals surface area contributed by atoms with Gasteiger partial charge in [0.25, 0.3) is 5.91 Å². The smallest absolute Gasteiger partial charge is 0.285 e. The van der Waals surface area contributed by atoms with E-state index in [1.54, 1.807) is 18.7 Å². The van der Waals surface area contributed by atoms with Gasteiger partial charge in [0.15, 0.2) is 17.5 Å². The van der Waals surface area contributed by atoms with E-state index in [9.17, 15) is 24.0 Å². The Hall–Kier alpha value is -3.31. The number of nitrogens with one attached hydrogen (secondary N) is 1. The maximum Gasteiger partial charge on any atom is 0.285 e. The molecule has 7 N–H and O–H groups in total. The minimum absolute atomic E-state index is 0.0492. The summed E-state index contributed by atoms with van der Waals surface area (Å²) in [5, 5.41) is 3.00. The van der Waals surface area contributed by atoms with Gasteiger partial charge in [0.1, 0.15) is 5.54 Å². The fourth-order valence-electron chi connectivity index (χ4n) is 11.0. The lowest BCUT2D eigenvalue weighted by Gasteiger charge is -2.37. The van der Waals surface area contributed by atoms with Crippen LogP contribution in [0, 0.1) is 45.3 Å². The van der Waals surface area contributed by atoms with Gasteiger partial charge in [-0.3, -0.25) is 28.8 Å². The van der Waals surface area contributed by atoms with Crippen LogP contribution in [0.1, 0.15) is 145 Å². The van der Waals surface area contributed by atoms with E-state index in [0.717, 1.165) is 70.6 Å². The van der Waals surface area contributed by atoms with Crippen molar-refractivity contribution in [3.05, 3.63) is 0 Å². The second kappa shape index (κ2) is 14.7. The van der Waals surface area contributed by atoms with E-state index >= 15 is 4.79 Å². The van der Waals surface area contributed by atoms with E-state index in [2.05, 4.69) is 24.2 Å². The fourth-order valence-corrected chi connectivity index (χ4v) is 11.0. The number of primary amides is 1. The molecule has 0 aromatic rings. The van der Waals surface area contributed by atoms with Crippen molar-refractivity contribution < 1.29 is 28.8 Å². The average Bonchev–Trinajstić information content (AvgIpc) is 3.24. The predicted octanol–water partition coefficient (Wildman–Crippen LogP) is 4.34. The van der Waals surface area contributed by atoms with Gasteiger partial charge < -0.3 is 27.4 Å². The molecule has 0 bridgehead atoms. The maximum atomic E-state index is 15.1. The first-order valence-electron chi connectivity index (χ1n) is 20.2. The van der Waals surface area contributed by atoms with Gasteiger partial charge in [0.2, 0.25) is 17.6 Å². The summed E-state index contributed by atoms with van der Waals surface area (Å²) in [7, 11) is 0. The van der Waals surface area contributed by atoms with Crippen molar-refractivity contribution in [1.82, 2.24) is 10.2 Å². The zero-order chi connectivity index (χ0) is 39.3. The Bertz CT molecular complexity index is 1510. The van der Waals surface area contributed by atoms with E-state index in [1.165, 1.54) is 0 Å². The molecule has 296 valence electrons. The zero-order valence-corrected chi connectivity index (χ0v) is 33.4. The number of ketones is 3. The largest absolute Gasteiger partial charge is 0.370 e. The van der Waals surface area contributed by atoms with Crippen LogP contribution in [0.5, 0.6) is 0 Å². The first-order valence-corrected chi connectivity index (χ1v) is 20.2. The molecule has 5 rings (SSSR count). The summed E-state index contributed by atoms with van der Waals surface area (Å²) in [6.45, 7) is 13.9. The molecule has 12 nitrogen and oxygen atoms in total. The average molecular weight is 739 g/mol. The lowest BCUT2D eigenvalue weighted by atomic mass is 9.73. The quantitative estimate of drug-likeness (QED) is 0.108. The molecule has 1 aliphatic heterocycles. The Morgan fingerprint density at radius 2 is 1.45 bits per heavy atom. The summed E-state index contributed by atoms with van der Waals surface area (Å²) in [5.74, 6) is -4.48. The predicted molar refractivity (Wildman–Crippen MR) is 203 cm³/mol. The lowest BCUT2D eigenvalue weighted by molar-refractivity contribution is -0.147. The Morgan fingerprint density at radius 3 is 1.92 bits per heavy atom. The minimum Gasteiger partial charge on any atom is -0.370 e. The van der Waals surface area contributed by atoms with Gasteiger partial charge in [-0.2, -0.15) is 0 Å². The Morgan fingerprint density at radius 1 is 0.830 bits per heavy atom. The summed E-state index contributed by atoms with van der Waals surface area (Å²) in [6, 6.07) is -1.58. The van der Waals surface area contributed by atoms with Gasteiger partial charge in [-0.25, -0.2) is 4.99 Å². The summed E-state index contributed by atoms with van der Waals surface area (Å²) in [6.07, 6.45) is 11.4. The molecular weight excluding hydrogens is 672 g/mol. The van der Waals surface area contributed by atoms with Crippen LogP contribution in [-0.2, 0) is 28.8 Å². The molecular formula is C41H66N6O6. The number of rotatable bonds is 15. The van der Waals surface area contributed by atoms with E-state index in [0.29, 0.717) is 19.4 Å². The van der Waals surface area contributed by atoms with Gasteiger partial charge in [0, 0.05) is 36.6 Å². The summed E-state index contributed by atoms with van der Waals surface area (Å²) < 4.78 is 0. The first kappa shape index (κ1) is 40.9. The number of hydrogen-bond donors (Lipinski definition) is 4. The highest BCUT2D eigenvalue weighted by atomic mass is 16.2. The summed E-state index contributed by atoms with van der Waals surface area (Å²) in [4.78, 5) is 88.6. The maximum absolute atomic E-state index is 15.1. The van der Waals surface area contributed by atoms with E-state index < -0.39 is 52.5 Å². The van der Waals surface area contributed by atoms with Crippen LogP contribution in [0.2, 0.25) is 0 Å². The molecule has 53 heavy (non-hydrogen) atoms. The highest BCUT2D eigenvalue weighted by molar-refractivity contribution is 6.36. The zero-order valence-electron chi connectivity index (χ0n) is 33.4. The fraction of sp³-hybridized carbons (Fsp3) is 0.829. The molecule has 5 fully saturated rings. The highest BCUT2D eigenvalue weighted by Crippen LogP contribution is 2.88. The molecule has 0 radical (unpaired) electrons. The van der Waals surface area contributed by atoms with Crippen LogP contribution in [0.25, 0.3) is 0 Å². The van der Waals surface area contributed by atoms with Crippen molar-refractivity contribution in [3.8, 4) is 0 Å². The SMILES string of the molecule is CC(C)(N=C(N)N)C(=O)N[C@H](C(=O)C[C@H](C(=O)N1C[C@]2(C[C@H]1C(=O)CC(CC1CCC1)C(=O)C(N)=O)C(C)(C)C21CCC1)C(C)(C)C)C1CCCCC1. The normalized spacial score (nSPS) is 26.8. The number of nitrogens with two attached hydrogens (primary N) is 3. The third-order valence-corrected chi connectivity index (χ3v) is 14.8. The minimum atomic E-state index is -1.30. The van der Waals surface area contributed by atoms with Crippen LogP contribution in [-0.4, -0.2) is 70.1 Å². The number of carbonyl (C=O) groups is 6. The molecule has 0 aromatic carbocycles. The van der Waals surface area contributed by atoms with Gasteiger partial charge >= 0.3 is 0 Å².